The maximum atomic E-state index is 13.3. The fraction of sp³-hybridized carbons (Fsp3) is 0.417. The molecule has 2 amide bonds. The molecule has 1 N–H and O–H groups in total. The van der Waals surface area contributed by atoms with Crippen LogP contribution >= 0.6 is 0 Å². The Bertz CT molecular complexity index is 848. The van der Waals surface area contributed by atoms with Crippen LogP contribution in [0.25, 0.3) is 0 Å². The van der Waals surface area contributed by atoms with Gasteiger partial charge < -0.3 is 10.2 Å². The lowest BCUT2D eigenvalue weighted by molar-refractivity contribution is -0.140. The molecule has 0 saturated heterocycles. The number of carbonyl (C=O) groups excluding carboxylic acids is 2. The molecule has 0 aliphatic rings. The van der Waals surface area contributed by atoms with Crippen LogP contribution in [0.4, 0.5) is 4.39 Å². The van der Waals surface area contributed by atoms with E-state index in [4.69, 9.17) is 0 Å². The number of halogens is 1. The van der Waals surface area contributed by atoms with Gasteiger partial charge in [0.1, 0.15) is 11.9 Å². The number of benzene rings is 2. The first-order chi connectivity index (χ1) is 13.7. The molecule has 2 aromatic rings. The second kappa shape index (κ2) is 10.2. The van der Waals surface area contributed by atoms with Crippen LogP contribution in [0.5, 0.6) is 0 Å². The van der Waals surface area contributed by atoms with E-state index in [-0.39, 0.29) is 36.6 Å². The number of nitrogens with one attached hydrogen (secondary N) is 1. The van der Waals surface area contributed by atoms with Gasteiger partial charge in [-0.15, -0.1) is 0 Å². The van der Waals surface area contributed by atoms with Crippen molar-refractivity contribution in [2.45, 2.75) is 66.1 Å². The van der Waals surface area contributed by atoms with E-state index in [1.54, 1.807) is 24.0 Å². The summed E-state index contributed by atoms with van der Waals surface area (Å²) in [6.07, 6.45) is 1.02. The molecule has 0 fully saturated rings. The molecule has 2 atom stereocenters. The summed E-state index contributed by atoms with van der Waals surface area (Å²) in [7, 11) is 0. The SMILES string of the molecule is CC[C@@H](C)NC(=O)[C@@H](C)N(Cc1ccc(F)cc1)C(=O)Cc1ccc(C)c(C)c1. The molecule has 0 aliphatic heterocycles. The molecule has 0 aromatic heterocycles. The van der Waals surface area contributed by atoms with E-state index in [0.717, 1.165) is 23.1 Å². The molecule has 4 nitrogen and oxygen atoms in total. The van der Waals surface area contributed by atoms with Crippen molar-refractivity contribution in [2.24, 2.45) is 0 Å². The van der Waals surface area contributed by atoms with Crippen molar-refractivity contribution >= 4 is 11.8 Å². The quantitative estimate of drug-likeness (QED) is 0.720. The number of hydrogen-bond acceptors (Lipinski definition) is 2. The van der Waals surface area contributed by atoms with Crippen LogP contribution in [-0.2, 0) is 22.6 Å². The Balaban J connectivity index is 2.23. The van der Waals surface area contributed by atoms with Gasteiger partial charge in [0, 0.05) is 12.6 Å². The molecule has 0 heterocycles. The zero-order chi connectivity index (χ0) is 21.6. The summed E-state index contributed by atoms with van der Waals surface area (Å²) in [6.45, 7) is 9.96. The second-order valence-corrected chi connectivity index (χ2v) is 7.74. The van der Waals surface area contributed by atoms with Crippen LogP contribution in [0.15, 0.2) is 42.5 Å². The fourth-order valence-corrected chi connectivity index (χ4v) is 3.02. The molecule has 0 unspecified atom stereocenters. The lowest BCUT2D eigenvalue weighted by Crippen LogP contribution is -2.49. The molecule has 0 saturated carbocycles. The summed E-state index contributed by atoms with van der Waals surface area (Å²) >= 11 is 0. The van der Waals surface area contributed by atoms with Crippen molar-refractivity contribution in [3.05, 3.63) is 70.5 Å². The molecule has 5 heteroatoms. The zero-order valence-corrected chi connectivity index (χ0v) is 18.0. The summed E-state index contributed by atoms with van der Waals surface area (Å²) in [5, 5.41) is 2.95. The number of aryl methyl sites for hydroxylation is 2. The minimum atomic E-state index is -0.631. The van der Waals surface area contributed by atoms with E-state index in [0.29, 0.717) is 0 Å². The monoisotopic (exact) mass is 398 g/mol. The third-order valence-corrected chi connectivity index (χ3v) is 5.36. The molecule has 2 aromatic carbocycles. The molecule has 29 heavy (non-hydrogen) atoms. The first-order valence-corrected chi connectivity index (χ1v) is 10.1. The van der Waals surface area contributed by atoms with Gasteiger partial charge in [0.2, 0.25) is 11.8 Å². The topological polar surface area (TPSA) is 49.4 Å². The normalized spacial score (nSPS) is 12.9. The molecule has 0 bridgehead atoms. The van der Waals surface area contributed by atoms with Gasteiger partial charge in [0.25, 0.3) is 0 Å². The van der Waals surface area contributed by atoms with E-state index < -0.39 is 6.04 Å². The van der Waals surface area contributed by atoms with Gasteiger partial charge in [-0.1, -0.05) is 37.3 Å². The summed E-state index contributed by atoms with van der Waals surface area (Å²) in [5.74, 6) is -0.649. The molecule has 0 radical (unpaired) electrons. The third kappa shape index (κ3) is 6.41. The van der Waals surface area contributed by atoms with Crippen LogP contribution in [-0.4, -0.2) is 28.8 Å². The number of hydrogen-bond donors (Lipinski definition) is 1. The van der Waals surface area contributed by atoms with Crippen LogP contribution < -0.4 is 5.32 Å². The van der Waals surface area contributed by atoms with Gasteiger partial charge in [-0.2, -0.15) is 0 Å². The highest BCUT2D eigenvalue weighted by atomic mass is 19.1. The van der Waals surface area contributed by atoms with Crippen molar-refractivity contribution < 1.29 is 14.0 Å². The van der Waals surface area contributed by atoms with Crippen LogP contribution in [0.2, 0.25) is 0 Å². The Morgan fingerprint density at radius 2 is 1.62 bits per heavy atom. The Morgan fingerprint density at radius 3 is 2.21 bits per heavy atom. The molecule has 156 valence electrons. The Hall–Kier alpha value is -2.69. The van der Waals surface area contributed by atoms with E-state index in [1.807, 2.05) is 45.9 Å². The van der Waals surface area contributed by atoms with E-state index in [2.05, 4.69) is 5.32 Å². The van der Waals surface area contributed by atoms with Gasteiger partial charge in [-0.3, -0.25) is 9.59 Å². The molecule has 0 aliphatic carbocycles. The Labute approximate surface area is 173 Å². The van der Waals surface area contributed by atoms with Crippen molar-refractivity contribution in [3.63, 3.8) is 0 Å². The maximum absolute atomic E-state index is 13.3. The predicted octanol–water partition coefficient (Wildman–Crippen LogP) is 4.32. The van der Waals surface area contributed by atoms with Crippen LogP contribution in [0.3, 0.4) is 0 Å². The molecular formula is C24H31FN2O2. The molecule has 2 rings (SSSR count). The highest BCUT2D eigenvalue weighted by Gasteiger charge is 2.26. The van der Waals surface area contributed by atoms with E-state index >= 15 is 0 Å². The highest BCUT2D eigenvalue weighted by molar-refractivity contribution is 5.88. The van der Waals surface area contributed by atoms with Crippen molar-refractivity contribution in [1.29, 1.82) is 0 Å². The lowest BCUT2D eigenvalue weighted by Gasteiger charge is -2.30. The first-order valence-electron chi connectivity index (χ1n) is 10.1. The molecule has 0 spiro atoms. The minimum Gasteiger partial charge on any atom is -0.352 e. The lowest BCUT2D eigenvalue weighted by atomic mass is 10.0. The number of amides is 2. The van der Waals surface area contributed by atoms with Crippen molar-refractivity contribution in [3.8, 4) is 0 Å². The second-order valence-electron chi connectivity index (χ2n) is 7.74. The van der Waals surface area contributed by atoms with Gasteiger partial charge in [-0.25, -0.2) is 4.39 Å². The smallest absolute Gasteiger partial charge is 0.242 e. The Morgan fingerprint density at radius 1 is 1.00 bits per heavy atom. The average molecular weight is 399 g/mol. The number of rotatable bonds is 8. The van der Waals surface area contributed by atoms with Crippen molar-refractivity contribution in [2.75, 3.05) is 0 Å². The third-order valence-electron chi connectivity index (χ3n) is 5.36. The van der Waals surface area contributed by atoms with Crippen LogP contribution in [0.1, 0.15) is 49.4 Å². The fourth-order valence-electron chi connectivity index (χ4n) is 3.02. The minimum absolute atomic E-state index is 0.0347. The first kappa shape index (κ1) is 22.6. The Kier molecular flexibility index (Phi) is 7.94. The summed E-state index contributed by atoms with van der Waals surface area (Å²) < 4.78 is 13.3. The maximum Gasteiger partial charge on any atom is 0.242 e. The summed E-state index contributed by atoms with van der Waals surface area (Å²) in [5.41, 5.74) is 3.99. The van der Waals surface area contributed by atoms with Gasteiger partial charge in [-0.05, 0) is 68.5 Å². The van der Waals surface area contributed by atoms with Gasteiger partial charge in [0.15, 0.2) is 0 Å². The predicted molar refractivity (Wildman–Crippen MR) is 114 cm³/mol. The zero-order valence-electron chi connectivity index (χ0n) is 18.0. The van der Waals surface area contributed by atoms with Crippen molar-refractivity contribution in [1.82, 2.24) is 10.2 Å². The summed E-state index contributed by atoms with van der Waals surface area (Å²) in [4.78, 5) is 27.4. The standard InChI is InChI=1S/C24H31FN2O2/c1-6-18(4)26-24(29)19(5)27(15-20-9-11-22(25)12-10-20)23(28)14-21-8-7-16(2)17(3)13-21/h7-13,18-19H,6,14-15H2,1-5H3,(H,26,29)/t18-,19-/m1/s1. The number of carbonyl (C=O) groups is 2. The van der Waals surface area contributed by atoms with E-state index in [1.165, 1.54) is 17.7 Å². The number of nitrogens with zero attached hydrogens (tertiary/aromatic N) is 1. The molecular weight excluding hydrogens is 367 g/mol. The van der Waals surface area contributed by atoms with Gasteiger partial charge >= 0.3 is 0 Å². The average Bonchev–Trinajstić information content (AvgIpc) is 2.69. The largest absolute Gasteiger partial charge is 0.352 e. The van der Waals surface area contributed by atoms with Crippen LogP contribution in [0, 0.1) is 19.7 Å². The summed E-state index contributed by atoms with van der Waals surface area (Å²) in [6, 6.07) is 11.4. The highest BCUT2D eigenvalue weighted by Crippen LogP contribution is 2.15. The van der Waals surface area contributed by atoms with Gasteiger partial charge in [0.05, 0.1) is 6.42 Å². The van der Waals surface area contributed by atoms with E-state index in [9.17, 15) is 14.0 Å².